The van der Waals surface area contributed by atoms with E-state index in [1.165, 1.54) is 0 Å². The van der Waals surface area contributed by atoms with Crippen LogP contribution in [0.1, 0.15) is 26.2 Å². The maximum atomic E-state index is 9.91. The third-order valence-corrected chi connectivity index (χ3v) is 1.10. The van der Waals surface area contributed by atoms with E-state index < -0.39 is 5.97 Å². The van der Waals surface area contributed by atoms with Crippen LogP contribution in [0.2, 0.25) is 0 Å². The molecule has 0 aliphatic carbocycles. The van der Waals surface area contributed by atoms with E-state index in [-0.39, 0.29) is 0 Å². The van der Waals surface area contributed by atoms with E-state index in [2.05, 4.69) is 18.4 Å². The summed E-state index contributed by atoms with van der Waals surface area (Å²) < 4.78 is 0. The Balaban J connectivity index is 3.37. The fraction of sp³-hybridized carbons (Fsp3) is 0.444. The molecule has 0 aromatic rings. The molecule has 2 heteroatoms. The molecule has 0 unspecified atom stereocenters. The lowest BCUT2D eigenvalue weighted by Gasteiger charge is -1.92. The van der Waals surface area contributed by atoms with Gasteiger partial charge in [-0.25, -0.2) is 4.79 Å². The van der Waals surface area contributed by atoms with Crippen LogP contribution in [0, 0.1) is 11.8 Å². The summed E-state index contributed by atoms with van der Waals surface area (Å²) in [4.78, 5) is 9.91. The van der Waals surface area contributed by atoms with Gasteiger partial charge in [0.2, 0.25) is 0 Å². The lowest BCUT2D eigenvalue weighted by atomic mass is 10.1. The van der Waals surface area contributed by atoms with Gasteiger partial charge in [0.25, 0.3) is 0 Å². The lowest BCUT2D eigenvalue weighted by Crippen LogP contribution is -1.86. The van der Waals surface area contributed by atoms with Gasteiger partial charge in [-0.3, -0.25) is 0 Å². The molecular formula is C9H12O2. The van der Waals surface area contributed by atoms with Crippen LogP contribution in [0.25, 0.3) is 0 Å². The standard InChI is InChI=1S/C9H12O2/c1-8(2)6-4-3-5-7-9(10)11/h1,3-4,6H2,2H3,(H,10,11). The molecule has 0 saturated carbocycles. The van der Waals surface area contributed by atoms with Gasteiger partial charge in [-0.1, -0.05) is 11.5 Å². The first kappa shape index (κ1) is 9.77. The summed E-state index contributed by atoms with van der Waals surface area (Å²) in [7, 11) is 0. The van der Waals surface area contributed by atoms with Crippen molar-refractivity contribution in [3.8, 4) is 11.8 Å². The molecule has 1 N–H and O–H groups in total. The molecule has 0 rings (SSSR count). The van der Waals surface area contributed by atoms with Gasteiger partial charge < -0.3 is 5.11 Å². The highest BCUT2D eigenvalue weighted by molar-refractivity contribution is 5.86. The highest BCUT2D eigenvalue weighted by atomic mass is 16.4. The Morgan fingerprint density at radius 1 is 1.64 bits per heavy atom. The molecule has 0 saturated heterocycles. The predicted molar refractivity (Wildman–Crippen MR) is 44.1 cm³/mol. The Morgan fingerprint density at radius 2 is 2.27 bits per heavy atom. The van der Waals surface area contributed by atoms with E-state index in [4.69, 9.17) is 5.11 Å². The molecule has 60 valence electrons. The molecule has 0 aromatic heterocycles. The van der Waals surface area contributed by atoms with Crippen molar-refractivity contribution in [2.45, 2.75) is 26.2 Å². The molecule has 0 aliphatic rings. The van der Waals surface area contributed by atoms with Crippen molar-refractivity contribution in [3.05, 3.63) is 12.2 Å². The van der Waals surface area contributed by atoms with Crippen LogP contribution < -0.4 is 0 Å². The minimum atomic E-state index is -1.06. The van der Waals surface area contributed by atoms with Crippen LogP contribution >= 0.6 is 0 Å². The highest BCUT2D eigenvalue weighted by Crippen LogP contribution is 2.01. The summed E-state index contributed by atoms with van der Waals surface area (Å²) in [5.41, 5.74) is 1.11. The predicted octanol–water partition coefficient (Wildman–Crippen LogP) is 1.82. The molecule has 0 spiro atoms. The molecule has 0 amide bonds. The van der Waals surface area contributed by atoms with Crippen LogP contribution in [0.5, 0.6) is 0 Å². The molecule has 11 heavy (non-hydrogen) atoms. The maximum Gasteiger partial charge on any atom is 0.381 e. The van der Waals surface area contributed by atoms with Crippen molar-refractivity contribution in [1.82, 2.24) is 0 Å². The Morgan fingerprint density at radius 3 is 2.73 bits per heavy atom. The summed E-state index contributed by atoms with van der Waals surface area (Å²) in [5, 5.41) is 8.13. The van der Waals surface area contributed by atoms with Crippen LogP contribution in [-0.2, 0) is 4.79 Å². The van der Waals surface area contributed by atoms with Gasteiger partial charge in [0.1, 0.15) is 0 Å². The SMILES string of the molecule is C=C(C)CCCC#CC(=O)O. The number of carboxylic acid groups (broad SMARTS) is 1. The molecule has 0 aliphatic heterocycles. The zero-order valence-corrected chi connectivity index (χ0v) is 6.68. The lowest BCUT2D eigenvalue weighted by molar-refractivity contribution is -0.130. The van der Waals surface area contributed by atoms with Crippen molar-refractivity contribution >= 4 is 5.97 Å². The number of rotatable bonds is 3. The van der Waals surface area contributed by atoms with E-state index in [1.807, 2.05) is 6.92 Å². The van der Waals surface area contributed by atoms with Gasteiger partial charge in [-0.2, -0.15) is 0 Å². The second-order valence-corrected chi connectivity index (χ2v) is 2.42. The van der Waals surface area contributed by atoms with Crippen LogP contribution in [-0.4, -0.2) is 11.1 Å². The third kappa shape index (κ3) is 8.77. The van der Waals surface area contributed by atoms with Crippen molar-refractivity contribution < 1.29 is 9.90 Å². The van der Waals surface area contributed by atoms with Gasteiger partial charge in [0.05, 0.1) is 0 Å². The van der Waals surface area contributed by atoms with Gasteiger partial charge in [-0.15, -0.1) is 6.58 Å². The fourth-order valence-electron chi connectivity index (χ4n) is 0.617. The van der Waals surface area contributed by atoms with Crippen LogP contribution in [0.4, 0.5) is 0 Å². The average Bonchev–Trinajstić information content (AvgIpc) is 1.85. The number of hydrogen-bond acceptors (Lipinski definition) is 1. The smallest absolute Gasteiger partial charge is 0.381 e. The Labute approximate surface area is 66.9 Å². The van der Waals surface area contributed by atoms with Gasteiger partial charge in [0.15, 0.2) is 0 Å². The molecule has 0 radical (unpaired) electrons. The Kier molecular flexibility index (Phi) is 4.93. The van der Waals surface area contributed by atoms with Gasteiger partial charge >= 0.3 is 5.97 Å². The molecule has 2 nitrogen and oxygen atoms in total. The fourth-order valence-corrected chi connectivity index (χ4v) is 0.617. The minimum Gasteiger partial charge on any atom is -0.472 e. The second kappa shape index (κ2) is 5.55. The van der Waals surface area contributed by atoms with Crippen molar-refractivity contribution in [2.75, 3.05) is 0 Å². The zero-order valence-electron chi connectivity index (χ0n) is 6.68. The Hall–Kier alpha value is -1.23. The average molecular weight is 152 g/mol. The van der Waals surface area contributed by atoms with E-state index in [0.29, 0.717) is 6.42 Å². The minimum absolute atomic E-state index is 0.638. The number of aliphatic carboxylic acids is 1. The van der Waals surface area contributed by atoms with Crippen LogP contribution in [0.15, 0.2) is 12.2 Å². The molecule has 0 atom stereocenters. The second-order valence-electron chi connectivity index (χ2n) is 2.42. The summed E-state index contributed by atoms with van der Waals surface area (Å²) in [6.45, 7) is 5.67. The molecule has 0 aromatic carbocycles. The highest BCUT2D eigenvalue weighted by Gasteiger charge is 1.86. The summed E-state index contributed by atoms with van der Waals surface area (Å²) in [6.07, 6.45) is 2.46. The first-order valence-corrected chi connectivity index (χ1v) is 3.49. The summed E-state index contributed by atoms with van der Waals surface area (Å²) in [6, 6.07) is 0. The normalized spacial score (nSPS) is 8.09. The van der Waals surface area contributed by atoms with Crippen LogP contribution in [0.3, 0.4) is 0 Å². The molecule has 0 heterocycles. The van der Waals surface area contributed by atoms with Crippen molar-refractivity contribution in [1.29, 1.82) is 0 Å². The first-order valence-electron chi connectivity index (χ1n) is 3.49. The number of hydrogen-bond donors (Lipinski definition) is 1. The number of allylic oxidation sites excluding steroid dienone is 1. The maximum absolute atomic E-state index is 9.91. The number of unbranched alkanes of at least 4 members (excludes halogenated alkanes) is 1. The molecule has 0 fully saturated rings. The number of carbonyl (C=O) groups is 1. The first-order chi connectivity index (χ1) is 5.13. The monoisotopic (exact) mass is 152 g/mol. The van der Waals surface area contributed by atoms with Crippen molar-refractivity contribution in [3.63, 3.8) is 0 Å². The zero-order chi connectivity index (χ0) is 8.69. The van der Waals surface area contributed by atoms with Crippen molar-refractivity contribution in [2.24, 2.45) is 0 Å². The topological polar surface area (TPSA) is 37.3 Å². The van der Waals surface area contributed by atoms with Gasteiger partial charge in [0, 0.05) is 12.3 Å². The van der Waals surface area contributed by atoms with E-state index in [1.54, 1.807) is 0 Å². The summed E-state index contributed by atoms with van der Waals surface area (Å²) in [5.74, 6) is 3.55. The number of carboxylic acids is 1. The third-order valence-electron chi connectivity index (χ3n) is 1.10. The molecule has 0 bridgehead atoms. The van der Waals surface area contributed by atoms with Gasteiger partial charge in [-0.05, 0) is 19.8 Å². The Bertz CT molecular complexity index is 205. The quantitative estimate of drug-likeness (QED) is 0.380. The summed E-state index contributed by atoms with van der Waals surface area (Å²) >= 11 is 0. The van der Waals surface area contributed by atoms with E-state index in [9.17, 15) is 4.79 Å². The van der Waals surface area contributed by atoms with E-state index in [0.717, 1.165) is 18.4 Å². The largest absolute Gasteiger partial charge is 0.472 e. The van der Waals surface area contributed by atoms with E-state index >= 15 is 0 Å². The molecular weight excluding hydrogens is 140 g/mol.